The molecule has 1 heteroatoms. The first-order chi connectivity index (χ1) is 9.36. The Balaban J connectivity index is 2.03. The maximum absolute atomic E-state index is 3.80. The monoisotopic (exact) mass is 245 g/mol. The summed E-state index contributed by atoms with van der Waals surface area (Å²) in [6.07, 6.45) is 1.86. The van der Waals surface area contributed by atoms with Crippen molar-refractivity contribution in [1.29, 1.82) is 0 Å². The summed E-state index contributed by atoms with van der Waals surface area (Å²) < 4.78 is 0. The highest BCUT2D eigenvalue weighted by Crippen LogP contribution is 2.26. The van der Waals surface area contributed by atoms with Crippen molar-refractivity contribution in [3.8, 4) is 0 Å². The molecular formula is C18H15N. The summed E-state index contributed by atoms with van der Waals surface area (Å²) in [4.78, 5) is 0. The normalized spacial score (nSPS) is 10.3. The van der Waals surface area contributed by atoms with Crippen molar-refractivity contribution in [2.45, 2.75) is 0 Å². The van der Waals surface area contributed by atoms with Crippen molar-refractivity contribution in [1.82, 2.24) is 0 Å². The first-order valence-corrected chi connectivity index (χ1v) is 6.34. The molecule has 0 radical (unpaired) electrons. The molecule has 0 amide bonds. The fourth-order valence-electron chi connectivity index (χ4n) is 2.23. The van der Waals surface area contributed by atoms with Crippen LogP contribution in [0.5, 0.6) is 0 Å². The molecule has 3 rings (SSSR count). The molecule has 0 aromatic heterocycles. The number of fused-ring (bicyclic) bond motifs is 1. The molecule has 0 saturated heterocycles. The molecule has 92 valence electrons. The Labute approximate surface area is 113 Å². The van der Waals surface area contributed by atoms with E-state index in [0.717, 1.165) is 16.9 Å². The van der Waals surface area contributed by atoms with Crippen LogP contribution in [0.15, 0.2) is 73.3 Å². The molecular weight excluding hydrogens is 230 g/mol. The van der Waals surface area contributed by atoms with Gasteiger partial charge in [0.1, 0.15) is 0 Å². The largest absolute Gasteiger partial charge is 0.355 e. The van der Waals surface area contributed by atoms with Crippen molar-refractivity contribution in [3.63, 3.8) is 0 Å². The Kier molecular flexibility index (Phi) is 3.03. The van der Waals surface area contributed by atoms with Gasteiger partial charge in [0.05, 0.1) is 0 Å². The van der Waals surface area contributed by atoms with Gasteiger partial charge in [-0.2, -0.15) is 0 Å². The minimum Gasteiger partial charge on any atom is -0.355 e. The predicted molar refractivity (Wildman–Crippen MR) is 83.8 cm³/mol. The van der Waals surface area contributed by atoms with Crippen LogP contribution < -0.4 is 5.32 Å². The number of benzene rings is 3. The van der Waals surface area contributed by atoms with Crippen molar-refractivity contribution >= 4 is 28.2 Å². The van der Waals surface area contributed by atoms with E-state index in [1.165, 1.54) is 10.8 Å². The molecule has 0 unspecified atom stereocenters. The lowest BCUT2D eigenvalue weighted by Crippen LogP contribution is -1.91. The molecule has 19 heavy (non-hydrogen) atoms. The number of anilines is 2. The molecule has 0 aliphatic heterocycles. The van der Waals surface area contributed by atoms with Crippen LogP contribution in [-0.4, -0.2) is 0 Å². The zero-order valence-electron chi connectivity index (χ0n) is 10.6. The van der Waals surface area contributed by atoms with Crippen LogP contribution in [0.4, 0.5) is 11.4 Å². The van der Waals surface area contributed by atoms with Crippen molar-refractivity contribution < 1.29 is 0 Å². The number of hydrogen-bond acceptors (Lipinski definition) is 1. The van der Waals surface area contributed by atoms with Crippen LogP contribution in [0.2, 0.25) is 0 Å². The van der Waals surface area contributed by atoms with E-state index in [1.54, 1.807) is 0 Å². The quantitative estimate of drug-likeness (QED) is 0.666. The lowest BCUT2D eigenvalue weighted by molar-refractivity contribution is 1.56. The summed E-state index contributed by atoms with van der Waals surface area (Å²) in [7, 11) is 0. The molecule has 0 atom stereocenters. The van der Waals surface area contributed by atoms with Crippen molar-refractivity contribution in [3.05, 3.63) is 78.9 Å². The third kappa shape index (κ3) is 2.36. The van der Waals surface area contributed by atoms with Gasteiger partial charge in [-0.15, -0.1) is 0 Å². The van der Waals surface area contributed by atoms with Gasteiger partial charge in [-0.25, -0.2) is 0 Å². The molecule has 1 nitrogen and oxygen atoms in total. The standard InChI is InChI=1S/C18H15N/c1-2-14-7-5-10-16(13-14)19-18-12-6-9-15-8-3-4-11-17(15)18/h2-13,19H,1H2. The van der Waals surface area contributed by atoms with Crippen molar-refractivity contribution in [2.75, 3.05) is 5.32 Å². The van der Waals surface area contributed by atoms with Crippen LogP contribution in [0.1, 0.15) is 5.56 Å². The molecule has 0 fully saturated rings. The van der Waals surface area contributed by atoms with Crippen molar-refractivity contribution in [2.24, 2.45) is 0 Å². The van der Waals surface area contributed by atoms with E-state index in [4.69, 9.17) is 0 Å². The van der Waals surface area contributed by atoms with E-state index in [-0.39, 0.29) is 0 Å². The Bertz CT molecular complexity index is 723. The zero-order valence-corrected chi connectivity index (χ0v) is 10.6. The molecule has 3 aromatic carbocycles. The van der Waals surface area contributed by atoms with E-state index in [2.05, 4.69) is 66.5 Å². The van der Waals surface area contributed by atoms with Gasteiger partial charge < -0.3 is 5.32 Å². The second kappa shape index (κ2) is 4.99. The van der Waals surface area contributed by atoms with Gasteiger partial charge in [0, 0.05) is 16.8 Å². The lowest BCUT2D eigenvalue weighted by atomic mass is 10.1. The molecule has 0 spiro atoms. The summed E-state index contributed by atoms with van der Waals surface area (Å²) in [5.41, 5.74) is 3.32. The first kappa shape index (κ1) is 11.5. The number of hydrogen-bond donors (Lipinski definition) is 1. The third-order valence-corrected chi connectivity index (χ3v) is 3.19. The van der Waals surface area contributed by atoms with Crippen LogP contribution in [0.3, 0.4) is 0 Å². The maximum atomic E-state index is 3.80. The van der Waals surface area contributed by atoms with Gasteiger partial charge in [-0.1, -0.05) is 61.2 Å². The lowest BCUT2D eigenvalue weighted by Gasteiger charge is -2.10. The van der Waals surface area contributed by atoms with Crippen LogP contribution in [0, 0.1) is 0 Å². The van der Waals surface area contributed by atoms with Crippen LogP contribution in [0.25, 0.3) is 16.8 Å². The highest BCUT2D eigenvalue weighted by molar-refractivity contribution is 5.95. The second-order valence-corrected chi connectivity index (χ2v) is 4.48. The highest BCUT2D eigenvalue weighted by atomic mass is 14.9. The summed E-state index contributed by atoms with van der Waals surface area (Å²) in [5.74, 6) is 0. The van der Waals surface area contributed by atoms with Gasteiger partial charge >= 0.3 is 0 Å². The topological polar surface area (TPSA) is 12.0 Å². The first-order valence-electron chi connectivity index (χ1n) is 6.34. The van der Waals surface area contributed by atoms with Gasteiger partial charge in [0.2, 0.25) is 0 Å². The average molecular weight is 245 g/mol. The molecule has 0 heterocycles. The molecule has 0 aliphatic carbocycles. The Morgan fingerprint density at radius 1 is 0.842 bits per heavy atom. The summed E-state index contributed by atoms with van der Waals surface area (Å²) in [5, 5.41) is 5.95. The fourth-order valence-corrected chi connectivity index (χ4v) is 2.23. The minimum atomic E-state index is 1.08. The van der Waals surface area contributed by atoms with Crippen LogP contribution in [-0.2, 0) is 0 Å². The van der Waals surface area contributed by atoms with E-state index >= 15 is 0 Å². The molecule has 0 bridgehead atoms. The Morgan fingerprint density at radius 2 is 1.63 bits per heavy atom. The number of nitrogens with one attached hydrogen (secondary N) is 1. The second-order valence-electron chi connectivity index (χ2n) is 4.48. The SMILES string of the molecule is C=Cc1cccc(Nc2cccc3ccccc23)c1. The van der Waals surface area contributed by atoms with Gasteiger partial charge in [-0.3, -0.25) is 0 Å². The van der Waals surface area contributed by atoms with Gasteiger partial charge in [0.15, 0.2) is 0 Å². The Hall–Kier alpha value is -2.54. The van der Waals surface area contributed by atoms with Gasteiger partial charge in [-0.05, 0) is 29.1 Å². The van der Waals surface area contributed by atoms with Crippen LogP contribution >= 0.6 is 0 Å². The van der Waals surface area contributed by atoms with E-state index in [1.807, 2.05) is 18.2 Å². The molecule has 1 N–H and O–H groups in total. The van der Waals surface area contributed by atoms with E-state index in [9.17, 15) is 0 Å². The average Bonchev–Trinajstić information content (AvgIpc) is 2.48. The van der Waals surface area contributed by atoms with E-state index < -0.39 is 0 Å². The summed E-state index contributed by atoms with van der Waals surface area (Å²) in [6, 6.07) is 22.9. The molecule has 0 aliphatic rings. The number of rotatable bonds is 3. The summed E-state index contributed by atoms with van der Waals surface area (Å²) in [6.45, 7) is 3.80. The minimum absolute atomic E-state index is 1.08. The smallest absolute Gasteiger partial charge is 0.0463 e. The highest BCUT2D eigenvalue weighted by Gasteiger charge is 2.00. The zero-order chi connectivity index (χ0) is 13.1. The fraction of sp³-hybridized carbons (Fsp3) is 0. The maximum Gasteiger partial charge on any atom is 0.0463 e. The van der Waals surface area contributed by atoms with E-state index in [0.29, 0.717) is 0 Å². The van der Waals surface area contributed by atoms with Gasteiger partial charge in [0.25, 0.3) is 0 Å². The summed E-state index contributed by atoms with van der Waals surface area (Å²) >= 11 is 0. The third-order valence-electron chi connectivity index (χ3n) is 3.19. The predicted octanol–water partition coefficient (Wildman–Crippen LogP) is 5.23. The molecule has 3 aromatic rings. The Morgan fingerprint density at radius 3 is 2.53 bits per heavy atom. The molecule has 0 saturated carbocycles.